The molecular weight excluding hydrogens is 406 g/mol. The average molecular weight is 434 g/mol. The molecule has 0 bridgehead atoms. The monoisotopic (exact) mass is 433 g/mol. The highest BCUT2D eigenvalue weighted by Gasteiger charge is 2.27. The molecule has 1 heterocycles. The minimum atomic E-state index is -3.66. The summed E-state index contributed by atoms with van der Waals surface area (Å²) in [6.07, 6.45) is 0.142. The first-order valence-electron chi connectivity index (χ1n) is 9.82. The van der Waals surface area contributed by atoms with E-state index in [1.165, 1.54) is 10.4 Å². The maximum Gasteiger partial charge on any atom is 0.243 e. The number of amides is 1. The van der Waals surface area contributed by atoms with Crippen LogP contribution in [0.3, 0.4) is 0 Å². The highest BCUT2D eigenvalue weighted by molar-refractivity contribution is 7.89. The number of hydrogen-bond acceptors (Lipinski definition) is 6. The van der Waals surface area contributed by atoms with E-state index in [0.29, 0.717) is 50.0 Å². The van der Waals surface area contributed by atoms with E-state index in [-0.39, 0.29) is 17.2 Å². The van der Waals surface area contributed by atoms with Crippen molar-refractivity contribution in [1.82, 2.24) is 4.31 Å². The van der Waals surface area contributed by atoms with Gasteiger partial charge >= 0.3 is 0 Å². The molecule has 2 aromatic carbocycles. The van der Waals surface area contributed by atoms with Crippen molar-refractivity contribution in [3.05, 3.63) is 48.0 Å². The third kappa shape index (κ3) is 5.29. The summed E-state index contributed by atoms with van der Waals surface area (Å²) in [7, 11) is -2.09. The average Bonchev–Trinajstić information content (AvgIpc) is 2.75. The lowest BCUT2D eigenvalue weighted by atomic mass is 10.1. The van der Waals surface area contributed by atoms with Gasteiger partial charge < -0.3 is 20.1 Å². The van der Waals surface area contributed by atoms with E-state index < -0.39 is 10.0 Å². The zero-order valence-corrected chi connectivity index (χ0v) is 18.0. The first-order valence-corrected chi connectivity index (χ1v) is 11.3. The maximum absolute atomic E-state index is 13.0. The number of anilines is 2. The first-order chi connectivity index (χ1) is 14.4. The largest absolute Gasteiger partial charge is 0.497 e. The Morgan fingerprint density at radius 3 is 2.60 bits per heavy atom. The lowest BCUT2D eigenvalue weighted by Gasteiger charge is -2.26. The molecule has 0 spiro atoms. The van der Waals surface area contributed by atoms with Gasteiger partial charge in [-0.15, -0.1) is 0 Å². The predicted octanol–water partition coefficient (Wildman–Crippen LogP) is 2.33. The van der Waals surface area contributed by atoms with Crippen LogP contribution in [0.25, 0.3) is 0 Å². The molecule has 162 valence electrons. The van der Waals surface area contributed by atoms with Crippen LogP contribution in [0.15, 0.2) is 47.4 Å². The molecular formula is C21H27N3O5S. The number of carbonyl (C=O) groups is 1. The van der Waals surface area contributed by atoms with E-state index >= 15 is 0 Å². The second-order valence-corrected chi connectivity index (χ2v) is 8.77. The first kappa shape index (κ1) is 22.1. The van der Waals surface area contributed by atoms with Crippen molar-refractivity contribution in [2.45, 2.75) is 18.2 Å². The molecule has 2 aromatic rings. The molecule has 9 heteroatoms. The summed E-state index contributed by atoms with van der Waals surface area (Å²) in [4.78, 5) is 12.8. The molecule has 1 amide bonds. The van der Waals surface area contributed by atoms with Crippen LogP contribution in [-0.4, -0.2) is 58.6 Å². The molecule has 1 fully saturated rings. The summed E-state index contributed by atoms with van der Waals surface area (Å²) < 4.78 is 37.8. The fourth-order valence-corrected chi connectivity index (χ4v) is 4.66. The Morgan fingerprint density at radius 1 is 1.13 bits per heavy atom. The third-order valence-corrected chi connectivity index (χ3v) is 6.63. The fraction of sp³-hybridized carbons (Fsp3) is 0.381. The molecule has 1 aliphatic heterocycles. The zero-order chi connectivity index (χ0) is 21.6. The quantitative estimate of drug-likeness (QED) is 0.663. The minimum absolute atomic E-state index is 0.141. The molecule has 1 aliphatic rings. The SMILES string of the molecule is CCNc1ccc(S(=O)(=O)N2CCOCC2)cc1NC(=O)Cc1cccc(OC)c1. The van der Waals surface area contributed by atoms with E-state index in [2.05, 4.69) is 10.6 Å². The number of hydrogen-bond donors (Lipinski definition) is 2. The van der Waals surface area contributed by atoms with Gasteiger partial charge in [-0.1, -0.05) is 12.1 Å². The zero-order valence-electron chi connectivity index (χ0n) is 17.2. The van der Waals surface area contributed by atoms with Crippen molar-refractivity contribution in [2.24, 2.45) is 0 Å². The summed E-state index contributed by atoms with van der Waals surface area (Å²) in [6, 6.07) is 12.0. The highest BCUT2D eigenvalue weighted by Crippen LogP contribution is 2.28. The van der Waals surface area contributed by atoms with Gasteiger partial charge in [0.1, 0.15) is 5.75 Å². The Balaban J connectivity index is 1.82. The molecule has 0 atom stereocenters. The smallest absolute Gasteiger partial charge is 0.243 e. The Kier molecular flexibility index (Phi) is 7.30. The summed E-state index contributed by atoms with van der Waals surface area (Å²) in [5.41, 5.74) is 1.89. The molecule has 30 heavy (non-hydrogen) atoms. The lowest BCUT2D eigenvalue weighted by molar-refractivity contribution is -0.115. The standard InChI is InChI=1S/C21H27N3O5S/c1-3-22-19-8-7-18(30(26,27)24-9-11-29-12-10-24)15-20(19)23-21(25)14-16-5-4-6-17(13-16)28-2/h4-8,13,15,22H,3,9-12,14H2,1-2H3,(H,23,25). The van der Waals surface area contributed by atoms with Crippen LogP contribution in [0.1, 0.15) is 12.5 Å². The van der Waals surface area contributed by atoms with Crippen molar-refractivity contribution >= 4 is 27.3 Å². The number of rotatable bonds is 8. The van der Waals surface area contributed by atoms with Gasteiger partial charge in [-0.3, -0.25) is 4.79 Å². The second-order valence-electron chi connectivity index (χ2n) is 6.83. The van der Waals surface area contributed by atoms with Crippen LogP contribution >= 0.6 is 0 Å². The molecule has 1 saturated heterocycles. The fourth-order valence-electron chi connectivity index (χ4n) is 3.23. The topological polar surface area (TPSA) is 97.0 Å². The van der Waals surface area contributed by atoms with Crippen molar-refractivity contribution in [2.75, 3.05) is 50.6 Å². The molecule has 0 unspecified atom stereocenters. The molecule has 0 saturated carbocycles. The third-order valence-electron chi connectivity index (χ3n) is 4.74. The van der Waals surface area contributed by atoms with Crippen LogP contribution in [0.2, 0.25) is 0 Å². The summed E-state index contributed by atoms with van der Waals surface area (Å²) in [5.74, 6) is 0.426. The predicted molar refractivity (Wildman–Crippen MR) is 116 cm³/mol. The Labute approximate surface area is 177 Å². The van der Waals surface area contributed by atoms with Gasteiger partial charge in [0.15, 0.2) is 0 Å². The van der Waals surface area contributed by atoms with Gasteiger partial charge in [0.05, 0.1) is 43.0 Å². The van der Waals surface area contributed by atoms with Crippen molar-refractivity contribution in [3.63, 3.8) is 0 Å². The molecule has 0 aliphatic carbocycles. The molecule has 2 N–H and O–H groups in total. The summed E-state index contributed by atoms with van der Waals surface area (Å²) in [6.45, 7) is 3.94. The number of nitrogens with one attached hydrogen (secondary N) is 2. The van der Waals surface area contributed by atoms with Gasteiger partial charge in [-0.2, -0.15) is 4.31 Å². The minimum Gasteiger partial charge on any atom is -0.497 e. The number of ether oxygens (including phenoxy) is 2. The van der Waals surface area contributed by atoms with E-state index in [0.717, 1.165) is 5.56 Å². The number of methoxy groups -OCH3 is 1. The number of benzene rings is 2. The number of sulfonamides is 1. The normalized spacial score (nSPS) is 14.9. The van der Waals surface area contributed by atoms with Gasteiger partial charge in [-0.05, 0) is 42.8 Å². The van der Waals surface area contributed by atoms with Crippen LogP contribution < -0.4 is 15.4 Å². The van der Waals surface area contributed by atoms with Crippen LogP contribution in [0.4, 0.5) is 11.4 Å². The second kappa shape index (κ2) is 9.92. The number of morpholine rings is 1. The van der Waals surface area contributed by atoms with E-state index in [1.807, 2.05) is 25.1 Å². The van der Waals surface area contributed by atoms with Crippen LogP contribution in [0.5, 0.6) is 5.75 Å². The lowest BCUT2D eigenvalue weighted by Crippen LogP contribution is -2.40. The highest BCUT2D eigenvalue weighted by atomic mass is 32.2. The van der Waals surface area contributed by atoms with Gasteiger partial charge in [0, 0.05) is 19.6 Å². The Morgan fingerprint density at radius 2 is 1.90 bits per heavy atom. The van der Waals surface area contributed by atoms with Gasteiger partial charge in [0.25, 0.3) is 0 Å². The Hall–Kier alpha value is -2.62. The van der Waals surface area contributed by atoms with Crippen molar-refractivity contribution in [3.8, 4) is 5.75 Å². The van der Waals surface area contributed by atoms with E-state index in [4.69, 9.17) is 9.47 Å². The van der Waals surface area contributed by atoms with Gasteiger partial charge in [-0.25, -0.2) is 8.42 Å². The summed E-state index contributed by atoms with van der Waals surface area (Å²) in [5, 5.41) is 6.01. The van der Waals surface area contributed by atoms with Crippen LogP contribution in [-0.2, 0) is 26.0 Å². The maximum atomic E-state index is 13.0. The van der Waals surface area contributed by atoms with E-state index in [1.54, 1.807) is 25.3 Å². The Bertz CT molecular complexity index is 988. The molecule has 0 aromatic heterocycles. The number of nitrogens with zero attached hydrogens (tertiary/aromatic N) is 1. The van der Waals surface area contributed by atoms with Crippen molar-refractivity contribution < 1.29 is 22.7 Å². The van der Waals surface area contributed by atoms with Crippen molar-refractivity contribution in [1.29, 1.82) is 0 Å². The van der Waals surface area contributed by atoms with Crippen LogP contribution in [0, 0.1) is 0 Å². The van der Waals surface area contributed by atoms with Gasteiger partial charge in [0.2, 0.25) is 15.9 Å². The number of carbonyl (C=O) groups excluding carboxylic acids is 1. The molecule has 3 rings (SSSR count). The molecule has 0 radical (unpaired) electrons. The molecule has 8 nitrogen and oxygen atoms in total. The summed E-state index contributed by atoms with van der Waals surface area (Å²) >= 11 is 0. The van der Waals surface area contributed by atoms with E-state index in [9.17, 15) is 13.2 Å².